The summed E-state index contributed by atoms with van der Waals surface area (Å²) in [7, 11) is 0. The number of aryl methyl sites for hydroxylation is 1. The Morgan fingerprint density at radius 1 is 1.06 bits per heavy atom. The molecule has 178 valence electrons. The van der Waals surface area contributed by atoms with Gasteiger partial charge >= 0.3 is 12.2 Å². The lowest BCUT2D eigenvalue weighted by Gasteiger charge is -2.20. The molecule has 1 fully saturated rings. The number of hydrogen-bond donors (Lipinski definition) is 2. The van der Waals surface area contributed by atoms with Gasteiger partial charge < -0.3 is 5.32 Å². The number of para-hydroxylation sites is 1. The van der Waals surface area contributed by atoms with Gasteiger partial charge in [-0.2, -0.15) is 18.3 Å². The van der Waals surface area contributed by atoms with Gasteiger partial charge in [0, 0.05) is 36.5 Å². The summed E-state index contributed by atoms with van der Waals surface area (Å²) in [5, 5.41) is 10.5. The van der Waals surface area contributed by atoms with Gasteiger partial charge in [-0.15, -0.1) is 0 Å². The van der Waals surface area contributed by atoms with Gasteiger partial charge in [0.25, 0.3) is 0 Å². The zero-order valence-corrected chi connectivity index (χ0v) is 18.4. The van der Waals surface area contributed by atoms with Crippen LogP contribution in [0.2, 0.25) is 0 Å². The average molecular weight is 470 g/mol. The van der Waals surface area contributed by atoms with E-state index in [2.05, 4.69) is 15.6 Å². The summed E-state index contributed by atoms with van der Waals surface area (Å²) in [6.45, 7) is -0.770. The van der Waals surface area contributed by atoms with Crippen molar-refractivity contribution in [2.45, 2.75) is 37.4 Å². The third-order valence-electron chi connectivity index (χ3n) is 6.32. The summed E-state index contributed by atoms with van der Waals surface area (Å²) in [6, 6.07) is 13.9. The Hall–Kier alpha value is -3.40. The fourth-order valence-electron chi connectivity index (χ4n) is 4.90. The van der Waals surface area contributed by atoms with Crippen LogP contribution < -0.4 is 10.6 Å². The molecule has 2 amide bonds. The second kappa shape index (κ2) is 9.09. The van der Waals surface area contributed by atoms with Crippen LogP contribution in [0.1, 0.15) is 29.3 Å². The SMILES string of the molecule is O=C(Nc1c2c(nn1-c1ccccc1)CCC2)N[C@@H]1CN(CC(F)(F)F)CC1c1ccccn1. The highest BCUT2D eigenvalue weighted by molar-refractivity contribution is 5.90. The van der Waals surface area contributed by atoms with Crippen molar-refractivity contribution in [3.63, 3.8) is 0 Å². The number of nitrogens with zero attached hydrogens (tertiary/aromatic N) is 4. The molecule has 2 aliphatic rings. The molecule has 1 saturated heterocycles. The normalized spacial score (nSPS) is 20.3. The van der Waals surface area contributed by atoms with Gasteiger partial charge in [-0.1, -0.05) is 24.3 Å². The molecule has 3 heterocycles. The largest absolute Gasteiger partial charge is 0.401 e. The van der Waals surface area contributed by atoms with Gasteiger partial charge in [0.15, 0.2) is 0 Å². The number of likely N-dealkylation sites (tertiary alicyclic amines) is 1. The van der Waals surface area contributed by atoms with Gasteiger partial charge in [-0.05, 0) is 43.5 Å². The minimum atomic E-state index is -4.31. The minimum absolute atomic E-state index is 0.0875. The number of halogens is 3. The van der Waals surface area contributed by atoms with E-state index in [-0.39, 0.29) is 19.0 Å². The van der Waals surface area contributed by atoms with Crippen LogP contribution in [0, 0.1) is 0 Å². The number of alkyl halides is 3. The average Bonchev–Trinajstić information content (AvgIpc) is 3.50. The molecule has 1 unspecified atom stereocenters. The lowest BCUT2D eigenvalue weighted by Crippen LogP contribution is -2.43. The van der Waals surface area contributed by atoms with Crippen molar-refractivity contribution in [2.24, 2.45) is 0 Å². The highest BCUT2D eigenvalue weighted by Crippen LogP contribution is 2.32. The summed E-state index contributed by atoms with van der Waals surface area (Å²) in [5.41, 5.74) is 3.46. The number of amides is 2. The predicted molar refractivity (Wildman–Crippen MR) is 121 cm³/mol. The molecule has 2 N–H and O–H groups in total. The first-order valence-electron chi connectivity index (χ1n) is 11.3. The zero-order valence-electron chi connectivity index (χ0n) is 18.4. The van der Waals surface area contributed by atoms with Crippen LogP contribution in [-0.2, 0) is 12.8 Å². The van der Waals surface area contributed by atoms with Crippen LogP contribution in [0.25, 0.3) is 5.69 Å². The van der Waals surface area contributed by atoms with Gasteiger partial charge in [0.05, 0.1) is 24.0 Å². The lowest BCUT2D eigenvalue weighted by molar-refractivity contribution is -0.143. The number of fused-ring (bicyclic) bond motifs is 1. The summed E-state index contributed by atoms with van der Waals surface area (Å²) < 4.78 is 40.9. The molecular formula is C24H25F3N6O. The molecule has 34 heavy (non-hydrogen) atoms. The molecular weight excluding hydrogens is 445 g/mol. The first-order chi connectivity index (χ1) is 16.4. The second-order valence-corrected chi connectivity index (χ2v) is 8.75. The maximum atomic E-state index is 13.1. The Labute approximate surface area is 195 Å². The molecule has 0 radical (unpaired) electrons. The minimum Gasteiger partial charge on any atom is -0.333 e. The summed E-state index contributed by atoms with van der Waals surface area (Å²) in [4.78, 5) is 18.7. The number of nitrogens with one attached hydrogen (secondary N) is 2. The number of hydrogen-bond acceptors (Lipinski definition) is 4. The van der Waals surface area contributed by atoms with Crippen molar-refractivity contribution in [1.82, 2.24) is 25.0 Å². The fraction of sp³-hybridized carbons (Fsp3) is 0.375. The second-order valence-electron chi connectivity index (χ2n) is 8.75. The maximum Gasteiger partial charge on any atom is 0.401 e. The van der Waals surface area contributed by atoms with Crippen LogP contribution >= 0.6 is 0 Å². The predicted octanol–water partition coefficient (Wildman–Crippen LogP) is 3.91. The molecule has 3 aromatic rings. The molecule has 1 aromatic carbocycles. The van der Waals surface area contributed by atoms with Crippen molar-refractivity contribution in [2.75, 3.05) is 25.0 Å². The Morgan fingerprint density at radius 3 is 2.59 bits per heavy atom. The smallest absolute Gasteiger partial charge is 0.333 e. The third-order valence-corrected chi connectivity index (χ3v) is 6.32. The molecule has 7 nitrogen and oxygen atoms in total. The van der Waals surface area contributed by atoms with Crippen LogP contribution in [0.3, 0.4) is 0 Å². The highest BCUT2D eigenvalue weighted by Gasteiger charge is 2.41. The van der Waals surface area contributed by atoms with E-state index in [4.69, 9.17) is 5.10 Å². The Morgan fingerprint density at radius 2 is 1.85 bits per heavy atom. The lowest BCUT2D eigenvalue weighted by atomic mass is 9.99. The first kappa shape index (κ1) is 22.4. The van der Waals surface area contributed by atoms with E-state index in [1.54, 1.807) is 29.1 Å². The molecule has 0 spiro atoms. The van der Waals surface area contributed by atoms with Crippen molar-refractivity contribution in [1.29, 1.82) is 0 Å². The monoisotopic (exact) mass is 470 g/mol. The molecule has 10 heteroatoms. The Bertz CT molecular complexity index is 1150. The number of carbonyl (C=O) groups excluding carboxylic acids is 1. The van der Waals surface area contributed by atoms with E-state index < -0.39 is 24.8 Å². The summed E-state index contributed by atoms with van der Waals surface area (Å²) in [5.74, 6) is 0.259. The van der Waals surface area contributed by atoms with E-state index in [1.165, 1.54) is 4.90 Å². The zero-order chi connectivity index (χ0) is 23.7. The number of rotatable bonds is 5. The number of aromatic nitrogens is 3. The number of pyridine rings is 1. The summed E-state index contributed by atoms with van der Waals surface area (Å²) in [6.07, 6.45) is -0.0606. The molecule has 2 atom stereocenters. The molecule has 5 rings (SSSR count). The third kappa shape index (κ3) is 4.77. The van der Waals surface area contributed by atoms with Crippen molar-refractivity contribution in [3.05, 3.63) is 71.7 Å². The van der Waals surface area contributed by atoms with Gasteiger partial charge in [-0.3, -0.25) is 15.2 Å². The van der Waals surface area contributed by atoms with Crippen LogP contribution in [0.4, 0.5) is 23.8 Å². The van der Waals surface area contributed by atoms with Gasteiger partial charge in [0.1, 0.15) is 5.82 Å². The van der Waals surface area contributed by atoms with E-state index in [1.807, 2.05) is 30.3 Å². The van der Waals surface area contributed by atoms with E-state index in [0.29, 0.717) is 11.5 Å². The Balaban J connectivity index is 1.36. The molecule has 1 aliphatic carbocycles. The number of benzene rings is 1. The molecule has 2 aromatic heterocycles. The van der Waals surface area contributed by atoms with Crippen LogP contribution in [0.5, 0.6) is 0 Å². The van der Waals surface area contributed by atoms with Gasteiger partial charge in [-0.25, -0.2) is 9.48 Å². The highest BCUT2D eigenvalue weighted by atomic mass is 19.4. The van der Waals surface area contributed by atoms with Crippen molar-refractivity contribution in [3.8, 4) is 5.69 Å². The van der Waals surface area contributed by atoms with Crippen LogP contribution in [0.15, 0.2) is 54.7 Å². The quantitative estimate of drug-likeness (QED) is 0.593. The number of urea groups is 1. The first-order valence-corrected chi connectivity index (χ1v) is 11.3. The van der Waals surface area contributed by atoms with Crippen molar-refractivity contribution < 1.29 is 18.0 Å². The van der Waals surface area contributed by atoms with Crippen molar-refractivity contribution >= 4 is 11.8 Å². The Kier molecular flexibility index (Phi) is 5.99. The molecule has 0 bridgehead atoms. The topological polar surface area (TPSA) is 75.1 Å². The molecule has 1 aliphatic heterocycles. The van der Waals surface area contributed by atoms with E-state index in [9.17, 15) is 18.0 Å². The standard InChI is InChI=1S/C24H25F3N6O/c25-24(26,27)15-32-13-18(19-10-4-5-12-28-19)21(14-32)29-23(34)30-22-17-9-6-11-20(17)31-33(22)16-7-2-1-3-8-16/h1-5,7-8,10,12,18,21H,6,9,11,13-15H2,(H2,29,30,34)/t18?,21-/m1/s1. The number of carbonyl (C=O) groups is 1. The van der Waals surface area contributed by atoms with E-state index in [0.717, 1.165) is 36.2 Å². The maximum absolute atomic E-state index is 13.1. The van der Waals surface area contributed by atoms with Gasteiger partial charge in [0.2, 0.25) is 0 Å². The van der Waals surface area contributed by atoms with Crippen LogP contribution in [-0.4, -0.2) is 57.5 Å². The number of anilines is 1. The molecule has 0 saturated carbocycles. The van der Waals surface area contributed by atoms with E-state index >= 15 is 0 Å². The fourth-order valence-corrected chi connectivity index (χ4v) is 4.90. The summed E-state index contributed by atoms with van der Waals surface area (Å²) >= 11 is 0.